The smallest absolute Gasteiger partial charge is 0.123 e. The predicted molar refractivity (Wildman–Crippen MR) is 112 cm³/mol. The van der Waals surface area contributed by atoms with Crippen LogP contribution < -0.4 is 10.1 Å². The van der Waals surface area contributed by atoms with Crippen molar-refractivity contribution >= 4 is 0 Å². The molecule has 0 radical (unpaired) electrons. The minimum absolute atomic E-state index is 0.0389. The number of benzene rings is 3. The minimum Gasteiger partial charge on any atom is -0.490 e. The average molecular weight is 391 g/mol. The van der Waals surface area contributed by atoms with E-state index >= 15 is 0 Å². The molecule has 0 unspecified atom stereocenters. The summed E-state index contributed by atoms with van der Waals surface area (Å²) in [5.74, 6) is 0.576. The van der Waals surface area contributed by atoms with Gasteiger partial charge < -0.3 is 9.47 Å². The van der Waals surface area contributed by atoms with Gasteiger partial charge in [-0.2, -0.15) is 0 Å². The van der Waals surface area contributed by atoms with Crippen molar-refractivity contribution in [2.24, 2.45) is 0 Å². The highest BCUT2D eigenvalue weighted by molar-refractivity contribution is 5.35. The molecule has 0 saturated heterocycles. The standard InChI is InChI=1S/C25H26FNO2/c26-22-12-14-24-21(15-22)11-13-23(29-24)16-25(27-17-19-7-3-1-4-8-19)28-18-20-9-5-2-6-10-20/h1-10,12,14-15,23,25,27H,11,13,16-18H2/t23-,25+/m0/s1. The van der Waals surface area contributed by atoms with E-state index in [0.717, 1.165) is 42.7 Å². The second-order valence-electron chi connectivity index (χ2n) is 7.42. The quantitative estimate of drug-likeness (QED) is 0.533. The molecule has 3 nitrogen and oxygen atoms in total. The van der Waals surface area contributed by atoms with Crippen LogP contribution in [0.15, 0.2) is 78.9 Å². The van der Waals surface area contributed by atoms with E-state index in [1.165, 1.54) is 11.6 Å². The van der Waals surface area contributed by atoms with Gasteiger partial charge in [0.2, 0.25) is 0 Å². The summed E-state index contributed by atoms with van der Waals surface area (Å²) >= 11 is 0. The van der Waals surface area contributed by atoms with Crippen LogP contribution >= 0.6 is 0 Å². The Morgan fingerprint density at radius 1 is 0.966 bits per heavy atom. The highest BCUT2D eigenvalue weighted by atomic mass is 19.1. The molecule has 150 valence electrons. The summed E-state index contributed by atoms with van der Waals surface area (Å²) in [5.41, 5.74) is 3.30. The summed E-state index contributed by atoms with van der Waals surface area (Å²) in [6.07, 6.45) is 2.31. The summed E-state index contributed by atoms with van der Waals surface area (Å²) < 4.78 is 25.8. The van der Waals surface area contributed by atoms with E-state index in [1.54, 1.807) is 12.1 Å². The van der Waals surface area contributed by atoms with Gasteiger partial charge in [-0.05, 0) is 47.7 Å². The number of halogens is 1. The Balaban J connectivity index is 1.39. The molecule has 3 aromatic carbocycles. The highest BCUT2D eigenvalue weighted by Gasteiger charge is 2.24. The lowest BCUT2D eigenvalue weighted by Gasteiger charge is -2.30. The lowest BCUT2D eigenvalue weighted by molar-refractivity contribution is -0.0152. The van der Waals surface area contributed by atoms with Crippen LogP contribution in [0.25, 0.3) is 0 Å². The Hall–Kier alpha value is -2.69. The Morgan fingerprint density at radius 2 is 1.69 bits per heavy atom. The molecule has 1 N–H and O–H groups in total. The number of hydrogen-bond acceptors (Lipinski definition) is 3. The minimum atomic E-state index is -0.209. The Kier molecular flexibility index (Phi) is 6.55. The Morgan fingerprint density at radius 3 is 2.45 bits per heavy atom. The molecule has 4 rings (SSSR count). The van der Waals surface area contributed by atoms with Crippen LogP contribution in [0.1, 0.15) is 29.5 Å². The van der Waals surface area contributed by atoms with E-state index in [0.29, 0.717) is 6.61 Å². The third-order valence-electron chi connectivity index (χ3n) is 5.20. The first-order valence-electron chi connectivity index (χ1n) is 10.1. The summed E-state index contributed by atoms with van der Waals surface area (Å²) in [7, 11) is 0. The van der Waals surface area contributed by atoms with E-state index in [2.05, 4.69) is 29.6 Å². The SMILES string of the molecule is Fc1ccc2c(c1)CC[C@@H](C[C@H](NCc1ccccc1)OCc1ccccc1)O2. The summed E-state index contributed by atoms with van der Waals surface area (Å²) in [4.78, 5) is 0. The van der Waals surface area contributed by atoms with Gasteiger partial charge in [0.25, 0.3) is 0 Å². The third-order valence-corrected chi connectivity index (χ3v) is 5.20. The molecule has 0 aliphatic carbocycles. The number of ether oxygens (including phenoxy) is 2. The molecular formula is C25H26FNO2. The maximum atomic E-state index is 13.4. The number of rotatable bonds is 8. The van der Waals surface area contributed by atoms with Gasteiger partial charge in [-0.3, -0.25) is 5.32 Å². The molecule has 2 atom stereocenters. The molecule has 1 aliphatic heterocycles. The maximum Gasteiger partial charge on any atom is 0.123 e. The van der Waals surface area contributed by atoms with Crippen LogP contribution in [0, 0.1) is 5.82 Å². The first-order chi connectivity index (χ1) is 14.3. The average Bonchev–Trinajstić information content (AvgIpc) is 2.77. The van der Waals surface area contributed by atoms with Crippen molar-refractivity contribution < 1.29 is 13.9 Å². The fourth-order valence-corrected chi connectivity index (χ4v) is 3.63. The zero-order valence-corrected chi connectivity index (χ0v) is 16.4. The van der Waals surface area contributed by atoms with Gasteiger partial charge in [0.15, 0.2) is 0 Å². The van der Waals surface area contributed by atoms with Crippen molar-refractivity contribution in [3.05, 3.63) is 101 Å². The van der Waals surface area contributed by atoms with E-state index < -0.39 is 0 Å². The van der Waals surface area contributed by atoms with Crippen LogP contribution in [-0.4, -0.2) is 12.3 Å². The molecule has 0 bridgehead atoms. The zero-order chi connectivity index (χ0) is 19.9. The first-order valence-corrected chi connectivity index (χ1v) is 10.1. The second kappa shape index (κ2) is 9.68. The van der Waals surface area contributed by atoms with Gasteiger partial charge in [0.1, 0.15) is 23.9 Å². The predicted octanol–water partition coefficient (Wildman–Crippen LogP) is 5.24. The second-order valence-corrected chi connectivity index (χ2v) is 7.42. The fraction of sp³-hybridized carbons (Fsp3) is 0.280. The van der Waals surface area contributed by atoms with Crippen molar-refractivity contribution in [1.82, 2.24) is 5.32 Å². The van der Waals surface area contributed by atoms with Crippen molar-refractivity contribution in [2.45, 2.75) is 44.7 Å². The van der Waals surface area contributed by atoms with E-state index in [4.69, 9.17) is 9.47 Å². The molecule has 0 amide bonds. The lowest BCUT2D eigenvalue weighted by Crippen LogP contribution is -2.37. The van der Waals surface area contributed by atoms with Gasteiger partial charge in [0.05, 0.1) is 6.61 Å². The largest absolute Gasteiger partial charge is 0.490 e. The Bertz CT molecular complexity index is 858. The molecule has 0 aromatic heterocycles. The van der Waals surface area contributed by atoms with Gasteiger partial charge in [0, 0.05) is 13.0 Å². The van der Waals surface area contributed by atoms with Gasteiger partial charge in [-0.15, -0.1) is 0 Å². The van der Waals surface area contributed by atoms with Crippen LogP contribution in [0.5, 0.6) is 5.75 Å². The van der Waals surface area contributed by atoms with Crippen LogP contribution in [0.4, 0.5) is 4.39 Å². The van der Waals surface area contributed by atoms with Crippen LogP contribution in [0.2, 0.25) is 0 Å². The Labute approximate surface area is 171 Å². The van der Waals surface area contributed by atoms with Crippen LogP contribution in [0.3, 0.4) is 0 Å². The number of hydrogen-bond donors (Lipinski definition) is 1. The summed E-state index contributed by atoms with van der Waals surface area (Å²) in [6, 6.07) is 25.2. The molecule has 0 fully saturated rings. The molecule has 3 aromatic rings. The number of nitrogens with one attached hydrogen (secondary N) is 1. The van der Waals surface area contributed by atoms with E-state index in [-0.39, 0.29) is 18.1 Å². The first kappa shape index (κ1) is 19.6. The molecule has 0 spiro atoms. The van der Waals surface area contributed by atoms with E-state index in [1.807, 2.05) is 36.4 Å². The van der Waals surface area contributed by atoms with Gasteiger partial charge in [-0.25, -0.2) is 4.39 Å². The molecule has 29 heavy (non-hydrogen) atoms. The maximum absolute atomic E-state index is 13.4. The molecule has 1 aliphatic rings. The summed E-state index contributed by atoms with van der Waals surface area (Å²) in [5, 5.41) is 3.52. The molecule has 0 saturated carbocycles. The van der Waals surface area contributed by atoms with Crippen molar-refractivity contribution in [3.8, 4) is 5.75 Å². The van der Waals surface area contributed by atoms with E-state index in [9.17, 15) is 4.39 Å². The topological polar surface area (TPSA) is 30.5 Å². The number of aryl methyl sites for hydroxylation is 1. The van der Waals surface area contributed by atoms with Gasteiger partial charge in [-0.1, -0.05) is 60.7 Å². The lowest BCUT2D eigenvalue weighted by atomic mass is 10.00. The molecular weight excluding hydrogens is 365 g/mol. The third kappa shape index (κ3) is 5.66. The number of fused-ring (bicyclic) bond motifs is 1. The van der Waals surface area contributed by atoms with Crippen molar-refractivity contribution in [2.75, 3.05) is 0 Å². The molecule has 4 heteroatoms. The normalized spacial score (nSPS) is 16.7. The molecule has 1 heterocycles. The summed E-state index contributed by atoms with van der Waals surface area (Å²) in [6.45, 7) is 1.27. The highest BCUT2D eigenvalue weighted by Crippen LogP contribution is 2.30. The van der Waals surface area contributed by atoms with Gasteiger partial charge >= 0.3 is 0 Å². The zero-order valence-electron chi connectivity index (χ0n) is 16.4. The fourth-order valence-electron chi connectivity index (χ4n) is 3.63. The van der Waals surface area contributed by atoms with Crippen molar-refractivity contribution in [1.29, 1.82) is 0 Å². The monoisotopic (exact) mass is 391 g/mol. The van der Waals surface area contributed by atoms with Crippen LogP contribution in [-0.2, 0) is 24.3 Å². The van der Waals surface area contributed by atoms with Crippen molar-refractivity contribution in [3.63, 3.8) is 0 Å².